The number of rotatable bonds is 8. The third-order valence-corrected chi connectivity index (χ3v) is 3.73. The molecule has 0 spiro atoms. The van der Waals surface area contributed by atoms with Crippen LogP contribution in [0, 0.1) is 30.1 Å². The molecule has 0 fully saturated rings. The Morgan fingerprint density at radius 2 is 1.10 bits per heavy atom. The number of hydrogen-bond acceptors (Lipinski definition) is 2. The number of carbonyl (C=O) groups excluding carboxylic acids is 2. The standard InChI is InChI=1S/C17H26N2O2/c1-7-13-17(14-8-2,15(20)18(9-3)10-4)16(21)19(11-5)12-6/h1-2H,9-14H2,3-6H3. The zero-order chi connectivity index (χ0) is 16.5. The molecule has 0 aliphatic carbocycles. The fourth-order valence-corrected chi connectivity index (χ4v) is 2.43. The average molecular weight is 290 g/mol. The van der Waals surface area contributed by atoms with Crippen molar-refractivity contribution in [2.24, 2.45) is 5.41 Å². The number of hydrogen-bond donors (Lipinski definition) is 0. The van der Waals surface area contributed by atoms with E-state index >= 15 is 0 Å². The predicted octanol–water partition coefficient (Wildman–Crippen LogP) is 1.76. The van der Waals surface area contributed by atoms with E-state index in [4.69, 9.17) is 12.8 Å². The number of terminal acetylenes is 2. The summed E-state index contributed by atoms with van der Waals surface area (Å²) < 4.78 is 0. The van der Waals surface area contributed by atoms with Gasteiger partial charge in [-0.15, -0.1) is 24.7 Å². The Morgan fingerprint density at radius 3 is 1.29 bits per heavy atom. The van der Waals surface area contributed by atoms with Gasteiger partial charge in [-0.3, -0.25) is 9.59 Å². The smallest absolute Gasteiger partial charge is 0.240 e. The van der Waals surface area contributed by atoms with E-state index in [9.17, 15) is 9.59 Å². The minimum atomic E-state index is -1.33. The van der Waals surface area contributed by atoms with Gasteiger partial charge < -0.3 is 9.80 Å². The monoisotopic (exact) mass is 290 g/mol. The number of nitrogens with zero attached hydrogens (tertiary/aromatic N) is 2. The molecule has 0 saturated heterocycles. The van der Waals surface area contributed by atoms with E-state index in [0.29, 0.717) is 26.2 Å². The predicted molar refractivity (Wildman–Crippen MR) is 85.2 cm³/mol. The molecule has 0 bridgehead atoms. The molecule has 0 aromatic carbocycles. The second-order valence-corrected chi connectivity index (χ2v) is 4.80. The van der Waals surface area contributed by atoms with Crippen molar-refractivity contribution in [3.05, 3.63) is 0 Å². The molecule has 0 aliphatic rings. The van der Waals surface area contributed by atoms with E-state index in [0.717, 1.165) is 0 Å². The Hall–Kier alpha value is -1.94. The summed E-state index contributed by atoms with van der Waals surface area (Å²) in [5, 5.41) is 0. The van der Waals surface area contributed by atoms with Crippen LogP contribution < -0.4 is 0 Å². The maximum Gasteiger partial charge on any atom is 0.240 e. The molecule has 0 aromatic heterocycles. The lowest BCUT2D eigenvalue weighted by atomic mass is 9.78. The van der Waals surface area contributed by atoms with Gasteiger partial charge in [-0.25, -0.2) is 0 Å². The first-order valence-corrected chi connectivity index (χ1v) is 7.44. The Bertz CT molecular complexity index is 393. The number of amides is 2. The zero-order valence-corrected chi connectivity index (χ0v) is 13.6. The maximum atomic E-state index is 12.9. The van der Waals surface area contributed by atoms with Crippen LogP contribution in [0.25, 0.3) is 0 Å². The normalized spacial score (nSPS) is 10.4. The molecular formula is C17H26N2O2. The molecule has 0 heterocycles. The van der Waals surface area contributed by atoms with Gasteiger partial charge >= 0.3 is 0 Å². The Labute approximate surface area is 128 Å². The highest BCUT2D eigenvalue weighted by Gasteiger charge is 2.48. The van der Waals surface area contributed by atoms with Gasteiger partial charge in [-0.05, 0) is 27.7 Å². The largest absolute Gasteiger partial charge is 0.342 e. The molecule has 21 heavy (non-hydrogen) atoms. The zero-order valence-electron chi connectivity index (χ0n) is 13.6. The Kier molecular flexibility index (Phi) is 8.24. The highest BCUT2D eigenvalue weighted by molar-refractivity contribution is 6.05. The molecule has 4 nitrogen and oxygen atoms in total. The maximum absolute atomic E-state index is 12.9. The van der Waals surface area contributed by atoms with Crippen LogP contribution in [0.5, 0.6) is 0 Å². The summed E-state index contributed by atoms with van der Waals surface area (Å²) in [6.45, 7) is 9.60. The van der Waals surface area contributed by atoms with Gasteiger partial charge in [0.15, 0.2) is 0 Å². The van der Waals surface area contributed by atoms with Gasteiger partial charge in [0.1, 0.15) is 5.41 Å². The summed E-state index contributed by atoms with van der Waals surface area (Å²) in [5.41, 5.74) is -1.33. The van der Waals surface area contributed by atoms with Crippen molar-refractivity contribution in [2.75, 3.05) is 26.2 Å². The summed E-state index contributed by atoms with van der Waals surface area (Å²) >= 11 is 0. The van der Waals surface area contributed by atoms with Crippen LogP contribution in [0.1, 0.15) is 40.5 Å². The van der Waals surface area contributed by atoms with Gasteiger partial charge in [0.2, 0.25) is 11.8 Å². The second kappa shape index (κ2) is 9.08. The highest BCUT2D eigenvalue weighted by Crippen LogP contribution is 2.31. The third-order valence-electron chi connectivity index (χ3n) is 3.73. The highest BCUT2D eigenvalue weighted by atomic mass is 16.2. The van der Waals surface area contributed by atoms with Gasteiger partial charge in [-0.1, -0.05) is 0 Å². The molecular weight excluding hydrogens is 264 g/mol. The molecule has 0 saturated carbocycles. The van der Waals surface area contributed by atoms with Crippen LogP contribution in [0.4, 0.5) is 0 Å². The summed E-state index contributed by atoms with van der Waals surface area (Å²) in [6, 6.07) is 0. The lowest BCUT2D eigenvalue weighted by Gasteiger charge is -2.36. The van der Waals surface area contributed by atoms with Gasteiger partial charge in [-0.2, -0.15) is 0 Å². The van der Waals surface area contributed by atoms with Crippen LogP contribution in [-0.2, 0) is 9.59 Å². The fraction of sp³-hybridized carbons (Fsp3) is 0.647. The minimum Gasteiger partial charge on any atom is -0.342 e. The van der Waals surface area contributed by atoms with Crippen molar-refractivity contribution in [3.8, 4) is 24.7 Å². The molecule has 0 unspecified atom stereocenters. The molecule has 0 rings (SSSR count). The first-order valence-electron chi connectivity index (χ1n) is 7.44. The van der Waals surface area contributed by atoms with E-state index in [1.165, 1.54) is 0 Å². The van der Waals surface area contributed by atoms with Crippen molar-refractivity contribution in [1.82, 2.24) is 9.80 Å². The summed E-state index contributed by atoms with van der Waals surface area (Å²) in [4.78, 5) is 29.0. The van der Waals surface area contributed by atoms with Crippen molar-refractivity contribution < 1.29 is 9.59 Å². The van der Waals surface area contributed by atoms with Crippen molar-refractivity contribution in [1.29, 1.82) is 0 Å². The molecule has 0 aromatic rings. The molecule has 2 amide bonds. The summed E-state index contributed by atoms with van der Waals surface area (Å²) in [7, 11) is 0. The SMILES string of the molecule is C#CCC(CC#C)(C(=O)N(CC)CC)C(=O)N(CC)CC. The summed E-state index contributed by atoms with van der Waals surface area (Å²) in [5.74, 6) is 4.41. The van der Waals surface area contributed by atoms with E-state index in [2.05, 4.69) is 11.8 Å². The molecule has 4 heteroatoms. The van der Waals surface area contributed by atoms with Crippen LogP contribution >= 0.6 is 0 Å². The quantitative estimate of drug-likeness (QED) is 0.505. The topological polar surface area (TPSA) is 40.6 Å². The molecule has 0 radical (unpaired) electrons. The van der Waals surface area contributed by atoms with Crippen molar-refractivity contribution in [3.63, 3.8) is 0 Å². The lowest BCUT2D eigenvalue weighted by Crippen LogP contribution is -2.53. The van der Waals surface area contributed by atoms with Crippen molar-refractivity contribution >= 4 is 11.8 Å². The molecule has 0 atom stereocenters. The second-order valence-electron chi connectivity index (χ2n) is 4.80. The van der Waals surface area contributed by atoms with E-state index < -0.39 is 5.41 Å². The lowest BCUT2D eigenvalue weighted by molar-refractivity contribution is -0.155. The van der Waals surface area contributed by atoms with E-state index in [1.54, 1.807) is 9.80 Å². The molecule has 0 aliphatic heterocycles. The average Bonchev–Trinajstić information content (AvgIpc) is 2.49. The summed E-state index contributed by atoms with van der Waals surface area (Å²) in [6.07, 6.45) is 10.9. The fourth-order valence-electron chi connectivity index (χ4n) is 2.43. The first kappa shape index (κ1) is 19.1. The van der Waals surface area contributed by atoms with E-state index in [-0.39, 0.29) is 24.7 Å². The minimum absolute atomic E-state index is 0.0296. The van der Waals surface area contributed by atoms with Crippen LogP contribution in [-0.4, -0.2) is 47.8 Å². The number of carbonyl (C=O) groups is 2. The van der Waals surface area contributed by atoms with Gasteiger partial charge in [0.05, 0.1) is 0 Å². The molecule has 116 valence electrons. The van der Waals surface area contributed by atoms with Crippen LogP contribution in [0.3, 0.4) is 0 Å². The molecule has 0 N–H and O–H groups in total. The Balaban J connectivity index is 5.87. The van der Waals surface area contributed by atoms with Gasteiger partial charge in [0, 0.05) is 39.0 Å². The van der Waals surface area contributed by atoms with E-state index in [1.807, 2.05) is 27.7 Å². The third kappa shape index (κ3) is 4.02. The van der Waals surface area contributed by atoms with Gasteiger partial charge in [0.25, 0.3) is 0 Å². The van der Waals surface area contributed by atoms with Crippen molar-refractivity contribution in [2.45, 2.75) is 40.5 Å². The first-order chi connectivity index (χ1) is 9.98. The van der Waals surface area contributed by atoms with Crippen LogP contribution in [0.15, 0.2) is 0 Å². The Morgan fingerprint density at radius 1 is 0.810 bits per heavy atom. The van der Waals surface area contributed by atoms with Crippen LogP contribution in [0.2, 0.25) is 0 Å².